The van der Waals surface area contributed by atoms with Crippen molar-refractivity contribution in [1.82, 2.24) is 4.90 Å². The summed E-state index contributed by atoms with van der Waals surface area (Å²) in [5.41, 5.74) is 0.635. The van der Waals surface area contributed by atoms with Crippen molar-refractivity contribution < 1.29 is 17.6 Å². The molecule has 5 nitrogen and oxygen atoms in total. The zero-order valence-electron chi connectivity index (χ0n) is 18.2. The normalized spacial score (nSPS) is 24.8. The fourth-order valence-corrected chi connectivity index (χ4v) is 7.02. The monoisotopic (exact) mass is 444 g/mol. The highest BCUT2D eigenvalue weighted by Crippen LogP contribution is 2.52. The van der Waals surface area contributed by atoms with Gasteiger partial charge in [-0.2, -0.15) is 0 Å². The van der Waals surface area contributed by atoms with Gasteiger partial charge in [0.1, 0.15) is 12.4 Å². The van der Waals surface area contributed by atoms with Crippen LogP contribution >= 0.6 is 0 Å². The van der Waals surface area contributed by atoms with Gasteiger partial charge in [-0.15, -0.1) is 0 Å². The van der Waals surface area contributed by atoms with Crippen molar-refractivity contribution in [3.63, 3.8) is 0 Å². The maximum atomic E-state index is 13.4. The molecule has 31 heavy (non-hydrogen) atoms. The van der Waals surface area contributed by atoms with Crippen LogP contribution in [0.2, 0.25) is 0 Å². The van der Waals surface area contributed by atoms with E-state index in [0.29, 0.717) is 12.2 Å². The Hall–Kier alpha value is -2.41. The summed E-state index contributed by atoms with van der Waals surface area (Å²) in [6.45, 7) is 7.07. The minimum Gasteiger partial charge on any atom is -0.338 e. The molecule has 4 rings (SSSR count). The van der Waals surface area contributed by atoms with E-state index in [-0.39, 0.29) is 34.2 Å². The molecule has 0 unspecified atom stereocenters. The van der Waals surface area contributed by atoms with Crippen molar-refractivity contribution >= 4 is 21.6 Å². The Kier molecular flexibility index (Phi) is 5.36. The third-order valence-corrected chi connectivity index (χ3v) is 8.25. The molecule has 2 atom stereocenters. The van der Waals surface area contributed by atoms with Crippen molar-refractivity contribution in [3.8, 4) is 0 Å². The van der Waals surface area contributed by atoms with Crippen molar-refractivity contribution in [2.45, 2.75) is 51.0 Å². The molecule has 1 aliphatic carbocycles. The molecule has 1 saturated heterocycles. The highest BCUT2D eigenvalue weighted by atomic mass is 32.2. The first-order valence-corrected chi connectivity index (χ1v) is 12.1. The standard InChI is InChI=1S/C24H29FN2O3S/c1-23(2)13-20-14-24(3,16-23)17-26(20)22(28)15-27(19-7-5-4-6-8-19)31(29,30)21-11-9-18(25)10-12-21/h4-12,20H,13-17H2,1-3H3/t20-,24+/m1/s1. The molecule has 2 bridgehead atoms. The number of carbonyl (C=O) groups is 1. The van der Waals surface area contributed by atoms with E-state index in [1.165, 1.54) is 12.1 Å². The molecule has 7 heteroatoms. The smallest absolute Gasteiger partial charge is 0.264 e. The first-order chi connectivity index (χ1) is 14.5. The summed E-state index contributed by atoms with van der Waals surface area (Å²) in [6, 6.07) is 13.4. The Morgan fingerprint density at radius 2 is 1.71 bits per heavy atom. The summed E-state index contributed by atoms with van der Waals surface area (Å²) in [7, 11) is -4.04. The molecule has 0 radical (unpaired) electrons. The van der Waals surface area contributed by atoms with Crippen LogP contribution in [-0.2, 0) is 14.8 Å². The predicted molar refractivity (Wildman–Crippen MR) is 119 cm³/mol. The molecule has 0 N–H and O–H groups in total. The van der Waals surface area contributed by atoms with Gasteiger partial charge in [0.25, 0.3) is 10.0 Å². The van der Waals surface area contributed by atoms with Crippen molar-refractivity contribution in [1.29, 1.82) is 0 Å². The summed E-state index contributed by atoms with van der Waals surface area (Å²) >= 11 is 0. The number of rotatable bonds is 5. The molecule has 2 aliphatic rings. The van der Waals surface area contributed by atoms with Crippen LogP contribution in [0.3, 0.4) is 0 Å². The summed E-state index contributed by atoms with van der Waals surface area (Å²) in [5.74, 6) is -0.706. The number of carbonyl (C=O) groups excluding carboxylic acids is 1. The minimum atomic E-state index is -4.04. The second kappa shape index (κ2) is 7.62. The maximum Gasteiger partial charge on any atom is 0.264 e. The van der Waals surface area contributed by atoms with Gasteiger partial charge >= 0.3 is 0 Å². The average molecular weight is 445 g/mol. The zero-order valence-corrected chi connectivity index (χ0v) is 19.0. The van der Waals surface area contributed by atoms with Crippen molar-refractivity contribution in [2.75, 3.05) is 17.4 Å². The quantitative estimate of drug-likeness (QED) is 0.685. The van der Waals surface area contributed by atoms with Crippen LogP contribution in [0.1, 0.15) is 40.0 Å². The number of hydrogen-bond acceptors (Lipinski definition) is 3. The van der Waals surface area contributed by atoms with E-state index in [0.717, 1.165) is 35.7 Å². The largest absolute Gasteiger partial charge is 0.338 e. The van der Waals surface area contributed by atoms with Gasteiger partial charge in [0.2, 0.25) is 5.91 Å². The number of nitrogens with zero attached hydrogens (tertiary/aromatic N) is 2. The molecular formula is C24H29FN2O3S. The highest BCUT2D eigenvalue weighted by molar-refractivity contribution is 7.92. The number of anilines is 1. The number of fused-ring (bicyclic) bond motifs is 2. The Morgan fingerprint density at radius 3 is 2.35 bits per heavy atom. The van der Waals surface area contributed by atoms with Gasteiger partial charge in [-0.1, -0.05) is 39.0 Å². The average Bonchev–Trinajstić information content (AvgIpc) is 2.95. The molecule has 1 amide bonds. The topological polar surface area (TPSA) is 57.7 Å². The van der Waals surface area contributed by atoms with Gasteiger partial charge in [0, 0.05) is 12.6 Å². The summed E-state index contributed by atoms with van der Waals surface area (Å²) in [4.78, 5) is 15.3. The second-order valence-electron chi connectivity index (χ2n) is 10.0. The molecule has 2 aromatic rings. The van der Waals surface area contributed by atoms with E-state index in [1.54, 1.807) is 30.3 Å². The van der Waals surface area contributed by atoms with Crippen molar-refractivity contribution in [3.05, 3.63) is 60.4 Å². The van der Waals surface area contributed by atoms with Crippen LogP contribution in [0.4, 0.5) is 10.1 Å². The van der Waals surface area contributed by atoms with Crippen LogP contribution < -0.4 is 4.31 Å². The van der Waals surface area contributed by atoms with E-state index in [9.17, 15) is 17.6 Å². The number of para-hydroxylation sites is 1. The predicted octanol–water partition coefficient (Wildman–Crippen LogP) is 4.45. The summed E-state index contributed by atoms with van der Waals surface area (Å²) in [5, 5.41) is 0. The van der Waals surface area contributed by atoms with Gasteiger partial charge in [0.15, 0.2) is 0 Å². The molecule has 1 saturated carbocycles. The van der Waals surface area contributed by atoms with Gasteiger partial charge < -0.3 is 4.90 Å². The number of benzene rings is 2. The van der Waals surface area contributed by atoms with Crippen LogP contribution in [0.15, 0.2) is 59.5 Å². The van der Waals surface area contributed by atoms with Crippen LogP contribution in [0.5, 0.6) is 0 Å². The molecule has 1 aliphatic heterocycles. The Labute approximate surface area is 183 Å². The lowest BCUT2D eigenvalue weighted by atomic mass is 9.65. The molecule has 2 fully saturated rings. The Bertz CT molecular complexity index is 1070. The van der Waals surface area contributed by atoms with E-state index in [1.807, 2.05) is 4.90 Å². The van der Waals surface area contributed by atoms with E-state index >= 15 is 0 Å². The van der Waals surface area contributed by atoms with E-state index < -0.39 is 15.8 Å². The summed E-state index contributed by atoms with van der Waals surface area (Å²) in [6.07, 6.45) is 2.93. The molecule has 2 aromatic carbocycles. The number of hydrogen-bond donors (Lipinski definition) is 0. The van der Waals surface area contributed by atoms with Crippen LogP contribution in [0, 0.1) is 16.6 Å². The number of sulfonamides is 1. The first-order valence-electron chi connectivity index (χ1n) is 10.6. The molecule has 166 valence electrons. The number of likely N-dealkylation sites (tertiary alicyclic amines) is 1. The third-order valence-electron chi connectivity index (χ3n) is 6.46. The van der Waals surface area contributed by atoms with Crippen LogP contribution in [-0.4, -0.2) is 38.4 Å². The SMILES string of the molecule is CC1(C)C[C@@H]2C[C@](C)(CN2C(=O)CN(c2ccccc2)S(=O)(=O)c2ccc(F)cc2)C1. The Morgan fingerprint density at radius 1 is 1.06 bits per heavy atom. The van der Waals surface area contributed by atoms with Crippen LogP contribution in [0.25, 0.3) is 0 Å². The van der Waals surface area contributed by atoms with E-state index in [2.05, 4.69) is 20.8 Å². The molecule has 1 heterocycles. The summed E-state index contributed by atoms with van der Waals surface area (Å²) < 4.78 is 41.3. The zero-order chi connectivity index (χ0) is 22.4. The number of amides is 1. The molecule has 0 aromatic heterocycles. The lowest BCUT2D eigenvalue weighted by Crippen LogP contribution is -2.45. The highest BCUT2D eigenvalue weighted by Gasteiger charge is 2.51. The van der Waals surface area contributed by atoms with Gasteiger partial charge in [-0.25, -0.2) is 12.8 Å². The minimum absolute atomic E-state index is 0.0428. The van der Waals surface area contributed by atoms with Gasteiger partial charge in [-0.3, -0.25) is 9.10 Å². The second-order valence-corrected chi connectivity index (χ2v) is 11.9. The molecular weight excluding hydrogens is 415 g/mol. The Balaban J connectivity index is 1.65. The maximum absolute atomic E-state index is 13.4. The first kappa shape index (κ1) is 21.8. The van der Waals surface area contributed by atoms with E-state index in [4.69, 9.17) is 0 Å². The number of halogens is 1. The fraction of sp³-hybridized carbons (Fsp3) is 0.458. The third kappa shape index (κ3) is 4.33. The van der Waals surface area contributed by atoms with Crippen molar-refractivity contribution in [2.24, 2.45) is 10.8 Å². The van der Waals surface area contributed by atoms with Gasteiger partial charge in [0.05, 0.1) is 10.6 Å². The molecule has 0 spiro atoms. The fourth-order valence-electron chi connectivity index (χ4n) is 5.61. The van der Waals surface area contributed by atoms with Gasteiger partial charge in [-0.05, 0) is 66.5 Å². The lowest BCUT2D eigenvalue weighted by molar-refractivity contribution is -0.130. The lowest BCUT2D eigenvalue weighted by Gasteiger charge is -2.39.